The highest BCUT2D eigenvalue weighted by molar-refractivity contribution is 7.90. The van der Waals surface area contributed by atoms with Crippen molar-refractivity contribution >= 4 is 10.0 Å². The molecule has 15 heavy (non-hydrogen) atoms. The maximum Gasteiger partial charge on any atom is 0.214 e. The number of nitrogens with one attached hydrogen (secondary N) is 1. The summed E-state index contributed by atoms with van der Waals surface area (Å²) < 4.78 is 27.4. The fraction of sp³-hybridized carbons (Fsp3) is 0.750. The fourth-order valence-electron chi connectivity index (χ4n) is 1.12. The number of aryl methyl sites for hydroxylation is 1. The Morgan fingerprint density at radius 2 is 2.00 bits per heavy atom. The van der Waals surface area contributed by atoms with Gasteiger partial charge < -0.3 is 4.57 Å². The van der Waals surface area contributed by atoms with Gasteiger partial charge in [0.1, 0.15) is 12.2 Å². The minimum absolute atomic E-state index is 0.370. The summed E-state index contributed by atoms with van der Waals surface area (Å²) in [5.41, 5.74) is 0. The Balaban J connectivity index is 2.81. The van der Waals surface area contributed by atoms with Crippen LogP contribution in [-0.4, -0.2) is 28.4 Å². The molecule has 1 N–H and O–H groups in total. The van der Waals surface area contributed by atoms with Gasteiger partial charge in [-0.2, -0.15) is 0 Å². The SMILES string of the molecule is CC(NS(=O)(=O)C(C)C)c1nncn1C. The molecule has 1 heterocycles. The van der Waals surface area contributed by atoms with Crippen molar-refractivity contribution in [1.29, 1.82) is 0 Å². The van der Waals surface area contributed by atoms with E-state index in [-0.39, 0.29) is 6.04 Å². The summed E-state index contributed by atoms with van der Waals surface area (Å²) in [6.07, 6.45) is 1.54. The zero-order valence-corrected chi connectivity index (χ0v) is 10.1. The van der Waals surface area contributed by atoms with Crippen LogP contribution in [0.1, 0.15) is 32.6 Å². The number of sulfonamides is 1. The molecular formula is C8H16N4O2S. The first-order valence-corrected chi connectivity index (χ1v) is 6.24. The number of hydrogen-bond donors (Lipinski definition) is 1. The summed E-state index contributed by atoms with van der Waals surface area (Å²) in [5, 5.41) is 7.09. The van der Waals surface area contributed by atoms with E-state index in [4.69, 9.17) is 0 Å². The van der Waals surface area contributed by atoms with E-state index >= 15 is 0 Å². The maximum atomic E-state index is 11.6. The van der Waals surface area contributed by atoms with Crippen LogP contribution in [0.15, 0.2) is 6.33 Å². The van der Waals surface area contributed by atoms with Crippen molar-refractivity contribution in [2.75, 3.05) is 0 Å². The monoisotopic (exact) mass is 232 g/mol. The molecular weight excluding hydrogens is 216 g/mol. The van der Waals surface area contributed by atoms with E-state index in [0.29, 0.717) is 5.82 Å². The fourth-order valence-corrected chi connectivity index (χ4v) is 1.99. The molecule has 1 unspecified atom stereocenters. The number of rotatable bonds is 4. The Hall–Kier alpha value is -0.950. The van der Waals surface area contributed by atoms with Crippen LogP contribution in [-0.2, 0) is 17.1 Å². The molecule has 1 aromatic rings. The third-order valence-corrected chi connectivity index (χ3v) is 4.02. The van der Waals surface area contributed by atoms with Gasteiger partial charge in [-0.1, -0.05) is 0 Å². The number of hydrogen-bond acceptors (Lipinski definition) is 4. The van der Waals surface area contributed by atoms with Crippen LogP contribution in [0.2, 0.25) is 0 Å². The van der Waals surface area contributed by atoms with Crippen molar-refractivity contribution in [1.82, 2.24) is 19.5 Å². The van der Waals surface area contributed by atoms with Gasteiger partial charge in [0.05, 0.1) is 11.3 Å². The van der Waals surface area contributed by atoms with E-state index in [0.717, 1.165) is 0 Å². The summed E-state index contributed by atoms with van der Waals surface area (Å²) in [6, 6.07) is -0.370. The van der Waals surface area contributed by atoms with E-state index in [1.165, 1.54) is 6.33 Å². The minimum atomic E-state index is -3.27. The second-order valence-corrected chi connectivity index (χ2v) is 6.00. The average Bonchev–Trinajstić information content (AvgIpc) is 2.50. The molecule has 86 valence electrons. The first-order chi connectivity index (χ1) is 6.84. The largest absolute Gasteiger partial charge is 0.319 e. The van der Waals surface area contributed by atoms with E-state index in [1.807, 2.05) is 0 Å². The minimum Gasteiger partial charge on any atom is -0.319 e. The average molecular weight is 232 g/mol. The van der Waals surface area contributed by atoms with Crippen molar-refractivity contribution in [3.05, 3.63) is 12.2 Å². The van der Waals surface area contributed by atoms with Crippen LogP contribution in [0, 0.1) is 0 Å². The summed E-state index contributed by atoms with van der Waals surface area (Å²) in [7, 11) is -1.50. The molecule has 7 heteroatoms. The van der Waals surface area contributed by atoms with Crippen LogP contribution in [0.25, 0.3) is 0 Å². The van der Waals surface area contributed by atoms with E-state index in [2.05, 4.69) is 14.9 Å². The molecule has 1 atom stereocenters. The van der Waals surface area contributed by atoms with Crippen molar-refractivity contribution in [3.8, 4) is 0 Å². The van der Waals surface area contributed by atoms with Crippen LogP contribution in [0.5, 0.6) is 0 Å². The molecule has 0 fully saturated rings. The smallest absolute Gasteiger partial charge is 0.214 e. The lowest BCUT2D eigenvalue weighted by atomic mass is 10.3. The second kappa shape index (κ2) is 4.28. The molecule has 0 radical (unpaired) electrons. The van der Waals surface area contributed by atoms with Gasteiger partial charge >= 0.3 is 0 Å². The predicted molar refractivity (Wildman–Crippen MR) is 56.6 cm³/mol. The number of aromatic nitrogens is 3. The first-order valence-electron chi connectivity index (χ1n) is 4.69. The van der Waals surface area contributed by atoms with Gasteiger partial charge in [-0.3, -0.25) is 0 Å². The van der Waals surface area contributed by atoms with Gasteiger partial charge in [-0.25, -0.2) is 13.1 Å². The number of nitrogens with zero attached hydrogens (tertiary/aromatic N) is 3. The van der Waals surface area contributed by atoms with Crippen LogP contribution in [0.3, 0.4) is 0 Å². The lowest BCUT2D eigenvalue weighted by Gasteiger charge is -2.15. The van der Waals surface area contributed by atoms with Gasteiger partial charge in [0.15, 0.2) is 0 Å². The Morgan fingerprint density at radius 3 is 2.40 bits per heavy atom. The summed E-state index contributed by atoms with van der Waals surface area (Å²) in [5.74, 6) is 0.597. The second-order valence-electron chi connectivity index (χ2n) is 3.73. The van der Waals surface area contributed by atoms with Gasteiger partial charge in [0.25, 0.3) is 0 Å². The van der Waals surface area contributed by atoms with Crippen molar-refractivity contribution < 1.29 is 8.42 Å². The quantitative estimate of drug-likeness (QED) is 0.804. The van der Waals surface area contributed by atoms with Crippen LogP contribution in [0.4, 0.5) is 0 Å². The molecule has 0 bridgehead atoms. The van der Waals surface area contributed by atoms with E-state index in [9.17, 15) is 8.42 Å². The highest BCUT2D eigenvalue weighted by Gasteiger charge is 2.21. The topological polar surface area (TPSA) is 76.9 Å². The third-order valence-electron chi connectivity index (χ3n) is 2.10. The first kappa shape index (κ1) is 12.1. The molecule has 6 nitrogen and oxygen atoms in total. The molecule has 0 saturated carbocycles. The molecule has 0 saturated heterocycles. The Morgan fingerprint density at radius 1 is 1.40 bits per heavy atom. The molecule has 1 rings (SSSR count). The summed E-state index contributed by atoms with van der Waals surface area (Å²) >= 11 is 0. The Bertz CT molecular complexity index is 424. The molecule has 0 aliphatic carbocycles. The molecule has 0 amide bonds. The van der Waals surface area contributed by atoms with E-state index < -0.39 is 15.3 Å². The molecule has 0 aromatic carbocycles. The van der Waals surface area contributed by atoms with Gasteiger partial charge in [-0.15, -0.1) is 10.2 Å². The molecule has 0 spiro atoms. The van der Waals surface area contributed by atoms with Gasteiger partial charge in [-0.05, 0) is 20.8 Å². The van der Waals surface area contributed by atoms with Gasteiger partial charge in [0.2, 0.25) is 10.0 Å². The van der Waals surface area contributed by atoms with Crippen molar-refractivity contribution in [2.45, 2.75) is 32.1 Å². The van der Waals surface area contributed by atoms with Crippen LogP contribution < -0.4 is 4.72 Å². The molecule has 0 aliphatic heterocycles. The molecule has 0 aliphatic rings. The highest BCUT2D eigenvalue weighted by atomic mass is 32.2. The predicted octanol–water partition coefficient (Wildman–Crippen LogP) is 0.204. The van der Waals surface area contributed by atoms with Crippen molar-refractivity contribution in [2.24, 2.45) is 7.05 Å². The molecule has 1 aromatic heterocycles. The Kier molecular flexibility index (Phi) is 3.46. The summed E-state index contributed by atoms with van der Waals surface area (Å²) in [6.45, 7) is 5.00. The zero-order valence-electron chi connectivity index (χ0n) is 9.30. The lowest BCUT2D eigenvalue weighted by molar-refractivity contribution is 0.545. The summed E-state index contributed by atoms with van der Waals surface area (Å²) in [4.78, 5) is 0. The Labute approximate surface area is 89.8 Å². The normalized spacial score (nSPS) is 14.5. The van der Waals surface area contributed by atoms with Gasteiger partial charge in [0, 0.05) is 7.05 Å². The van der Waals surface area contributed by atoms with E-state index in [1.54, 1.807) is 32.4 Å². The third kappa shape index (κ3) is 2.75. The lowest BCUT2D eigenvalue weighted by Crippen LogP contribution is -2.33. The van der Waals surface area contributed by atoms with Crippen molar-refractivity contribution in [3.63, 3.8) is 0 Å². The highest BCUT2D eigenvalue weighted by Crippen LogP contribution is 2.10. The zero-order chi connectivity index (χ0) is 11.6. The maximum absolute atomic E-state index is 11.6. The van der Waals surface area contributed by atoms with Crippen LogP contribution >= 0.6 is 0 Å². The standard InChI is InChI=1S/C8H16N4O2S/c1-6(2)15(13,14)11-7(3)8-10-9-5-12(8)4/h5-7,11H,1-4H3.